The van der Waals surface area contributed by atoms with E-state index in [0.29, 0.717) is 30.1 Å². The van der Waals surface area contributed by atoms with Crippen LogP contribution < -0.4 is 16.0 Å². The standard InChI is InChI=1S/C35H50FN5O5/c1-6-29(42)39-31(35(45)41-18-16-40(5)17-19-41)23(4)25-13-14-27(26(36)21-25)37-33(43)30(24-11-9-7-8-10-12-24)34(44)38-28-15-20-46-32(28)22(2)3/h13-15,20-24,30-31H,6-12,16-19H2,1-5H3,(H,37,43)(H,38,44)(H,39,42)/t23-,30+,31+/m0/s1. The number of amides is 4. The largest absolute Gasteiger partial charge is 0.467 e. The van der Waals surface area contributed by atoms with Crippen LogP contribution in [0, 0.1) is 17.7 Å². The summed E-state index contributed by atoms with van der Waals surface area (Å²) >= 11 is 0. The quantitative estimate of drug-likeness (QED) is 0.221. The van der Waals surface area contributed by atoms with Crippen molar-refractivity contribution >= 4 is 35.0 Å². The highest BCUT2D eigenvalue weighted by Gasteiger charge is 2.37. The number of nitrogens with one attached hydrogen (secondary N) is 3. The van der Waals surface area contributed by atoms with Crippen molar-refractivity contribution in [2.45, 2.75) is 90.5 Å². The maximum atomic E-state index is 15.7. The summed E-state index contributed by atoms with van der Waals surface area (Å²) in [6.07, 6.45) is 7.16. The van der Waals surface area contributed by atoms with E-state index in [1.165, 1.54) is 18.4 Å². The van der Waals surface area contributed by atoms with E-state index in [0.717, 1.165) is 51.6 Å². The number of furan rings is 1. The Morgan fingerprint density at radius 2 is 1.54 bits per heavy atom. The van der Waals surface area contributed by atoms with E-state index >= 15 is 4.39 Å². The molecular weight excluding hydrogens is 589 g/mol. The molecule has 11 heteroatoms. The van der Waals surface area contributed by atoms with Crippen LogP contribution >= 0.6 is 0 Å². The minimum atomic E-state index is -1.01. The van der Waals surface area contributed by atoms with Crippen LogP contribution in [0.2, 0.25) is 0 Å². The number of nitrogens with zero attached hydrogens (tertiary/aromatic N) is 2. The van der Waals surface area contributed by atoms with E-state index in [-0.39, 0.29) is 35.8 Å². The molecule has 3 N–H and O–H groups in total. The summed E-state index contributed by atoms with van der Waals surface area (Å²) in [6, 6.07) is 5.24. The zero-order valence-corrected chi connectivity index (χ0v) is 27.9. The van der Waals surface area contributed by atoms with Gasteiger partial charge in [0.25, 0.3) is 0 Å². The van der Waals surface area contributed by atoms with Crippen LogP contribution in [0.25, 0.3) is 0 Å². The third-order valence-electron chi connectivity index (χ3n) is 9.41. The molecule has 0 spiro atoms. The summed E-state index contributed by atoms with van der Waals surface area (Å²) in [5.41, 5.74) is 1.00. The molecule has 1 aliphatic heterocycles. The van der Waals surface area contributed by atoms with Crippen LogP contribution in [0.5, 0.6) is 0 Å². The summed E-state index contributed by atoms with van der Waals surface area (Å²) in [5.74, 6) is -3.19. The van der Waals surface area contributed by atoms with Crippen LogP contribution in [0.3, 0.4) is 0 Å². The normalized spacial score (nSPS) is 18.4. The van der Waals surface area contributed by atoms with Gasteiger partial charge in [0.2, 0.25) is 23.6 Å². The lowest BCUT2D eigenvalue weighted by atomic mass is 9.84. The summed E-state index contributed by atoms with van der Waals surface area (Å²) in [5, 5.41) is 8.45. The lowest BCUT2D eigenvalue weighted by molar-refractivity contribution is -0.138. The van der Waals surface area contributed by atoms with Gasteiger partial charge in [-0.3, -0.25) is 19.2 Å². The van der Waals surface area contributed by atoms with E-state index < -0.39 is 35.5 Å². The lowest BCUT2D eigenvalue weighted by Gasteiger charge is -2.36. The molecule has 2 aliphatic rings. The van der Waals surface area contributed by atoms with Crippen LogP contribution in [-0.4, -0.2) is 72.7 Å². The fraction of sp³-hybridized carbons (Fsp3) is 0.600. The molecule has 1 saturated heterocycles. The number of carbonyl (C=O) groups is 4. The first-order chi connectivity index (χ1) is 22.0. The van der Waals surface area contributed by atoms with Crippen molar-refractivity contribution in [3.8, 4) is 0 Å². The van der Waals surface area contributed by atoms with E-state index in [2.05, 4.69) is 20.9 Å². The van der Waals surface area contributed by atoms with Crippen molar-refractivity contribution in [1.29, 1.82) is 0 Å². The van der Waals surface area contributed by atoms with Crippen LogP contribution in [0.15, 0.2) is 34.9 Å². The Morgan fingerprint density at radius 3 is 2.13 bits per heavy atom. The Hall–Kier alpha value is -3.73. The van der Waals surface area contributed by atoms with E-state index in [1.54, 1.807) is 30.9 Å². The van der Waals surface area contributed by atoms with Crippen LogP contribution in [0.1, 0.15) is 95.8 Å². The first-order valence-corrected chi connectivity index (χ1v) is 16.7. The molecule has 2 fully saturated rings. The van der Waals surface area contributed by atoms with Crippen molar-refractivity contribution < 1.29 is 28.0 Å². The Kier molecular flexibility index (Phi) is 12.4. The molecule has 1 aromatic heterocycles. The molecule has 4 rings (SSSR count). The van der Waals surface area contributed by atoms with Crippen molar-refractivity contribution in [3.63, 3.8) is 0 Å². The predicted octanol–water partition coefficient (Wildman–Crippen LogP) is 5.48. The second-order valence-electron chi connectivity index (χ2n) is 13.1. The number of hydrogen-bond acceptors (Lipinski definition) is 6. The zero-order chi connectivity index (χ0) is 33.4. The third-order valence-corrected chi connectivity index (χ3v) is 9.41. The maximum Gasteiger partial charge on any atom is 0.245 e. The molecule has 2 aromatic rings. The number of benzene rings is 1. The van der Waals surface area contributed by atoms with Crippen molar-refractivity contribution in [2.24, 2.45) is 11.8 Å². The molecule has 46 heavy (non-hydrogen) atoms. The first kappa shape index (κ1) is 35.1. The van der Waals surface area contributed by atoms with Gasteiger partial charge in [0.1, 0.15) is 23.5 Å². The van der Waals surface area contributed by atoms with Gasteiger partial charge in [-0.25, -0.2) is 4.39 Å². The minimum Gasteiger partial charge on any atom is -0.467 e. The number of carbonyl (C=O) groups excluding carboxylic acids is 4. The lowest BCUT2D eigenvalue weighted by Crippen LogP contribution is -2.55. The zero-order valence-electron chi connectivity index (χ0n) is 27.9. The monoisotopic (exact) mass is 639 g/mol. The average molecular weight is 640 g/mol. The molecule has 2 heterocycles. The number of likely N-dealkylation sites (N-methyl/N-ethyl adjacent to an activating group) is 1. The van der Waals surface area contributed by atoms with Crippen molar-refractivity contribution in [2.75, 3.05) is 43.9 Å². The van der Waals surface area contributed by atoms with Crippen molar-refractivity contribution in [1.82, 2.24) is 15.1 Å². The maximum absolute atomic E-state index is 15.7. The second kappa shape index (κ2) is 16.2. The summed E-state index contributed by atoms with van der Waals surface area (Å²) in [6.45, 7) is 9.99. The van der Waals surface area contributed by atoms with E-state index in [4.69, 9.17) is 4.42 Å². The van der Waals surface area contributed by atoms with Crippen LogP contribution in [0.4, 0.5) is 15.8 Å². The third kappa shape index (κ3) is 8.74. The number of piperazine rings is 1. The van der Waals surface area contributed by atoms with Gasteiger partial charge in [-0.2, -0.15) is 0 Å². The second-order valence-corrected chi connectivity index (χ2v) is 13.1. The van der Waals surface area contributed by atoms with E-state index in [1.807, 2.05) is 20.9 Å². The first-order valence-electron chi connectivity index (χ1n) is 16.7. The molecule has 10 nitrogen and oxygen atoms in total. The smallest absolute Gasteiger partial charge is 0.245 e. The van der Waals surface area contributed by atoms with E-state index in [9.17, 15) is 19.2 Å². The number of halogens is 1. The van der Waals surface area contributed by atoms with Crippen LogP contribution in [-0.2, 0) is 19.2 Å². The number of hydrogen-bond donors (Lipinski definition) is 3. The molecule has 1 saturated carbocycles. The highest BCUT2D eigenvalue weighted by atomic mass is 19.1. The van der Waals surface area contributed by atoms with Gasteiger partial charge >= 0.3 is 0 Å². The minimum absolute atomic E-state index is 0.0391. The highest BCUT2D eigenvalue weighted by molar-refractivity contribution is 6.11. The predicted molar refractivity (Wildman–Crippen MR) is 176 cm³/mol. The van der Waals surface area contributed by atoms with Crippen molar-refractivity contribution in [3.05, 3.63) is 47.7 Å². The average Bonchev–Trinajstić information content (AvgIpc) is 3.34. The van der Waals surface area contributed by atoms with Gasteiger partial charge in [0, 0.05) is 50.5 Å². The summed E-state index contributed by atoms with van der Waals surface area (Å²) < 4.78 is 21.2. The van der Waals surface area contributed by atoms with Gasteiger partial charge < -0.3 is 30.2 Å². The highest BCUT2D eigenvalue weighted by Crippen LogP contribution is 2.33. The molecule has 0 unspecified atom stereocenters. The molecule has 1 aliphatic carbocycles. The SMILES string of the molecule is CCC(=O)N[C@@H](C(=O)N1CCN(C)CC1)[C@@H](C)c1ccc(NC(=O)[C@H](C(=O)Nc2ccoc2C(C)C)C2CCCCCC2)c(F)c1. The molecule has 4 amide bonds. The molecule has 0 radical (unpaired) electrons. The molecule has 0 bridgehead atoms. The van der Waals surface area contributed by atoms with Gasteiger partial charge in [-0.05, 0) is 43.5 Å². The molecule has 3 atom stereocenters. The summed E-state index contributed by atoms with van der Waals surface area (Å²) in [7, 11) is 2.00. The topological polar surface area (TPSA) is 124 Å². The molecular formula is C35H50FN5O5. The molecule has 252 valence electrons. The Morgan fingerprint density at radius 1 is 0.913 bits per heavy atom. The van der Waals surface area contributed by atoms with Gasteiger partial charge in [-0.1, -0.05) is 59.4 Å². The number of anilines is 2. The van der Waals surface area contributed by atoms with Gasteiger partial charge in [0.05, 0.1) is 17.6 Å². The number of rotatable bonds is 11. The fourth-order valence-electron chi connectivity index (χ4n) is 6.49. The Balaban J connectivity index is 1.53. The Bertz CT molecular complexity index is 1360. The fourth-order valence-corrected chi connectivity index (χ4v) is 6.49. The Labute approximate surface area is 271 Å². The van der Waals surface area contributed by atoms with Gasteiger partial charge in [-0.15, -0.1) is 0 Å². The van der Waals surface area contributed by atoms with Gasteiger partial charge in [0.15, 0.2) is 0 Å². The summed E-state index contributed by atoms with van der Waals surface area (Å²) in [4.78, 5) is 57.3. The molecule has 1 aromatic carbocycles.